The van der Waals surface area contributed by atoms with Gasteiger partial charge in [-0.25, -0.2) is 4.79 Å². The molecule has 3 rings (SSSR count). The van der Waals surface area contributed by atoms with E-state index in [0.29, 0.717) is 12.5 Å². The maximum absolute atomic E-state index is 12.8. The van der Waals surface area contributed by atoms with Crippen LogP contribution in [0.5, 0.6) is 5.75 Å². The highest BCUT2D eigenvalue weighted by Gasteiger charge is 2.34. The number of anilines is 1. The van der Waals surface area contributed by atoms with Crippen molar-refractivity contribution in [1.29, 1.82) is 0 Å². The lowest BCUT2D eigenvalue weighted by atomic mass is 10.1. The summed E-state index contributed by atoms with van der Waals surface area (Å²) in [6.45, 7) is 2.77. The molecule has 0 aromatic heterocycles. The molecule has 0 unspecified atom stereocenters. The third kappa shape index (κ3) is 4.07. The maximum Gasteiger partial charge on any atom is 0.322 e. The molecule has 0 heterocycles. The summed E-state index contributed by atoms with van der Waals surface area (Å²) in [5, 5.41) is 3.01. The van der Waals surface area contributed by atoms with Gasteiger partial charge in [0.2, 0.25) is 0 Å². The lowest BCUT2D eigenvalue weighted by Gasteiger charge is -2.29. The predicted molar refractivity (Wildman–Crippen MR) is 96.2 cm³/mol. The van der Waals surface area contributed by atoms with Crippen LogP contribution in [0.3, 0.4) is 0 Å². The second-order valence-electron chi connectivity index (χ2n) is 6.35. The number of nitrogens with one attached hydrogen (secondary N) is 1. The van der Waals surface area contributed by atoms with Crippen molar-refractivity contribution in [1.82, 2.24) is 4.90 Å². The normalized spacial score (nSPS) is 14.8. The summed E-state index contributed by atoms with van der Waals surface area (Å²) in [4.78, 5) is 14.8. The summed E-state index contributed by atoms with van der Waals surface area (Å²) >= 11 is 0. The van der Waals surface area contributed by atoms with Gasteiger partial charge >= 0.3 is 6.03 Å². The quantitative estimate of drug-likeness (QED) is 0.848. The largest absolute Gasteiger partial charge is 0.497 e. The second kappa shape index (κ2) is 7.39. The number of rotatable bonds is 6. The summed E-state index contributed by atoms with van der Waals surface area (Å²) in [6.07, 6.45) is 2.42. The van der Waals surface area contributed by atoms with E-state index >= 15 is 0 Å². The highest BCUT2D eigenvalue weighted by molar-refractivity contribution is 5.89. The van der Waals surface area contributed by atoms with Crippen molar-refractivity contribution >= 4 is 11.7 Å². The second-order valence-corrected chi connectivity index (χ2v) is 6.35. The first-order valence-corrected chi connectivity index (χ1v) is 8.43. The number of amides is 2. The van der Waals surface area contributed by atoms with Gasteiger partial charge < -0.3 is 15.0 Å². The average Bonchev–Trinajstić information content (AvgIpc) is 3.46. The van der Waals surface area contributed by atoms with Crippen molar-refractivity contribution < 1.29 is 9.53 Å². The molecule has 0 bridgehead atoms. The molecule has 0 saturated heterocycles. The van der Waals surface area contributed by atoms with Crippen molar-refractivity contribution in [2.45, 2.75) is 32.4 Å². The zero-order valence-corrected chi connectivity index (χ0v) is 14.2. The summed E-state index contributed by atoms with van der Waals surface area (Å²) < 4.78 is 5.16. The van der Waals surface area contributed by atoms with Gasteiger partial charge in [0.15, 0.2) is 0 Å². The topological polar surface area (TPSA) is 41.6 Å². The standard InChI is InChI=1S/C20H24N2O2/c1-15(17-8-9-17)22(14-16-6-4-3-5-7-16)20(23)21-18-10-12-19(24-2)13-11-18/h3-7,10-13,15,17H,8-9,14H2,1-2H3,(H,21,23)/t15-/m0/s1. The Labute approximate surface area is 143 Å². The molecule has 1 aliphatic rings. The summed E-state index contributed by atoms with van der Waals surface area (Å²) in [5.41, 5.74) is 1.93. The first-order valence-electron chi connectivity index (χ1n) is 8.43. The van der Waals surface area contributed by atoms with Gasteiger partial charge in [0.05, 0.1) is 7.11 Å². The number of methoxy groups -OCH3 is 1. The summed E-state index contributed by atoms with van der Waals surface area (Å²) in [5.74, 6) is 1.40. The number of carbonyl (C=O) groups is 1. The van der Waals surface area contributed by atoms with Crippen LogP contribution < -0.4 is 10.1 Å². The Balaban J connectivity index is 1.72. The van der Waals surface area contributed by atoms with E-state index in [0.717, 1.165) is 17.0 Å². The van der Waals surface area contributed by atoms with E-state index < -0.39 is 0 Å². The van der Waals surface area contributed by atoms with Gasteiger partial charge in [-0.15, -0.1) is 0 Å². The number of urea groups is 1. The van der Waals surface area contributed by atoms with Crippen LogP contribution in [0, 0.1) is 5.92 Å². The Morgan fingerprint density at radius 3 is 2.42 bits per heavy atom. The average molecular weight is 324 g/mol. The van der Waals surface area contributed by atoms with Crippen LogP contribution in [-0.4, -0.2) is 24.1 Å². The van der Waals surface area contributed by atoms with Crippen LogP contribution in [0.25, 0.3) is 0 Å². The zero-order chi connectivity index (χ0) is 16.9. The molecule has 1 aliphatic carbocycles. The lowest BCUT2D eigenvalue weighted by Crippen LogP contribution is -2.42. The molecule has 0 radical (unpaired) electrons. The molecule has 1 atom stereocenters. The molecule has 1 N–H and O–H groups in total. The third-order valence-electron chi connectivity index (χ3n) is 4.59. The van der Waals surface area contributed by atoms with Crippen LogP contribution in [0.2, 0.25) is 0 Å². The van der Waals surface area contributed by atoms with Crippen molar-refractivity contribution in [3.05, 3.63) is 60.2 Å². The molecule has 2 amide bonds. The van der Waals surface area contributed by atoms with Gasteiger partial charge in [-0.3, -0.25) is 0 Å². The van der Waals surface area contributed by atoms with Crippen LogP contribution in [0.4, 0.5) is 10.5 Å². The Hall–Kier alpha value is -2.49. The van der Waals surface area contributed by atoms with Gasteiger partial charge in [-0.2, -0.15) is 0 Å². The SMILES string of the molecule is COc1ccc(NC(=O)N(Cc2ccccc2)[C@@H](C)C2CC2)cc1. The number of ether oxygens (including phenoxy) is 1. The van der Waals surface area contributed by atoms with Gasteiger partial charge in [0.25, 0.3) is 0 Å². The van der Waals surface area contributed by atoms with E-state index in [1.165, 1.54) is 12.8 Å². The maximum atomic E-state index is 12.8. The monoisotopic (exact) mass is 324 g/mol. The van der Waals surface area contributed by atoms with Gasteiger partial charge in [0, 0.05) is 18.3 Å². The molecule has 126 valence electrons. The Bertz CT molecular complexity index is 666. The van der Waals surface area contributed by atoms with E-state index in [4.69, 9.17) is 4.74 Å². The van der Waals surface area contributed by atoms with Crippen molar-refractivity contribution in [2.24, 2.45) is 5.92 Å². The molecule has 24 heavy (non-hydrogen) atoms. The minimum absolute atomic E-state index is 0.0524. The number of benzene rings is 2. The zero-order valence-electron chi connectivity index (χ0n) is 14.2. The number of nitrogens with zero attached hydrogens (tertiary/aromatic N) is 1. The molecular formula is C20H24N2O2. The fourth-order valence-electron chi connectivity index (χ4n) is 2.88. The smallest absolute Gasteiger partial charge is 0.322 e. The van der Waals surface area contributed by atoms with E-state index in [1.807, 2.05) is 47.4 Å². The number of hydrogen-bond acceptors (Lipinski definition) is 2. The molecule has 0 spiro atoms. The number of carbonyl (C=O) groups excluding carboxylic acids is 1. The van der Waals surface area contributed by atoms with Gasteiger partial charge in [-0.1, -0.05) is 30.3 Å². The highest BCUT2D eigenvalue weighted by Crippen LogP contribution is 2.36. The minimum Gasteiger partial charge on any atom is -0.497 e. The van der Waals surface area contributed by atoms with Crippen LogP contribution in [-0.2, 0) is 6.54 Å². The van der Waals surface area contributed by atoms with Crippen molar-refractivity contribution in [3.63, 3.8) is 0 Å². The van der Waals surface area contributed by atoms with E-state index in [9.17, 15) is 4.79 Å². The Kier molecular flexibility index (Phi) is 5.04. The Morgan fingerprint density at radius 1 is 1.17 bits per heavy atom. The molecule has 2 aromatic carbocycles. The third-order valence-corrected chi connectivity index (χ3v) is 4.59. The molecule has 0 aliphatic heterocycles. The predicted octanol–water partition coefficient (Wildman–Crippen LogP) is 4.53. The fraction of sp³-hybridized carbons (Fsp3) is 0.350. The molecule has 1 fully saturated rings. The molecule has 4 nitrogen and oxygen atoms in total. The van der Waals surface area contributed by atoms with Gasteiger partial charge in [0.1, 0.15) is 5.75 Å². The van der Waals surface area contributed by atoms with E-state index in [1.54, 1.807) is 7.11 Å². The number of hydrogen-bond donors (Lipinski definition) is 1. The van der Waals surface area contributed by atoms with Crippen LogP contribution in [0.1, 0.15) is 25.3 Å². The molecule has 2 aromatic rings. The minimum atomic E-state index is -0.0524. The highest BCUT2D eigenvalue weighted by atomic mass is 16.5. The molecule has 4 heteroatoms. The van der Waals surface area contributed by atoms with Crippen molar-refractivity contribution in [2.75, 3.05) is 12.4 Å². The molecule has 1 saturated carbocycles. The fourth-order valence-corrected chi connectivity index (χ4v) is 2.88. The summed E-state index contributed by atoms with van der Waals surface area (Å²) in [7, 11) is 1.63. The van der Waals surface area contributed by atoms with Crippen LogP contribution in [0.15, 0.2) is 54.6 Å². The first-order chi connectivity index (χ1) is 11.7. The summed E-state index contributed by atoms with van der Waals surface area (Å²) in [6, 6.07) is 17.7. The lowest BCUT2D eigenvalue weighted by molar-refractivity contribution is 0.181. The Morgan fingerprint density at radius 2 is 1.83 bits per heavy atom. The first kappa shape index (κ1) is 16.4. The van der Waals surface area contributed by atoms with E-state index in [-0.39, 0.29) is 12.1 Å². The molecular weight excluding hydrogens is 300 g/mol. The van der Waals surface area contributed by atoms with E-state index in [2.05, 4.69) is 24.4 Å². The van der Waals surface area contributed by atoms with Crippen molar-refractivity contribution in [3.8, 4) is 5.75 Å². The van der Waals surface area contributed by atoms with Gasteiger partial charge in [-0.05, 0) is 55.5 Å². The van der Waals surface area contributed by atoms with Crippen LogP contribution >= 0.6 is 0 Å².